The van der Waals surface area contributed by atoms with Crippen molar-refractivity contribution in [2.75, 3.05) is 39.6 Å². The molecule has 0 heterocycles. The molecular weight excluding hydrogens is 1330 g/mol. The van der Waals surface area contributed by atoms with Gasteiger partial charge in [0, 0.05) is 25.7 Å². The molecular formula is C83H158O17P2. The summed E-state index contributed by atoms with van der Waals surface area (Å²) in [6, 6.07) is 0. The van der Waals surface area contributed by atoms with Crippen LogP contribution in [-0.2, 0) is 65.4 Å². The maximum Gasteiger partial charge on any atom is 0.472 e. The molecule has 0 aliphatic rings. The summed E-state index contributed by atoms with van der Waals surface area (Å²) in [6.45, 7) is 9.66. The fourth-order valence-corrected chi connectivity index (χ4v) is 13.9. The van der Waals surface area contributed by atoms with Gasteiger partial charge in [-0.3, -0.25) is 37.3 Å². The average Bonchev–Trinajstić information content (AvgIpc) is 1.03. The smallest absolute Gasteiger partial charge is 0.462 e. The van der Waals surface area contributed by atoms with Gasteiger partial charge in [-0.2, -0.15) is 0 Å². The number of phosphoric ester groups is 2. The number of hydrogen-bond donors (Lipinski definition) is 3. The topological polar surface area (TPSA) is 237 Å². The van der Waals surface area contributed by atoms with Crippen molar-refractivity contribution in [3.05, 3.63) is 24.3 Å². The number of hydrogen-bond acceptors (Lipinski definition) is 15. The van der Waals surface area contributed by atoms with Gasteiger partial charge in [-0.1, -0.05) is 361 Å². The molecule has 0 fully saturated rings. The van der Waals surface area contributed by atoms with E-state index in [0.717, 1.165) is 127 Å². The highest BCUT2D eigenvalue weighted by atomic mass is 31.2. The van der Waals surface area contributed by atoms with Crippen molar-refractivity contribution in [1.29, 1.82) is 0 Å². The third-order valence-corrected chi connectivity index (χ3v) is 21.5. The zero-order chi connectivity index (χ0) is 74.9. The van der Waals surface area contributed by atoms with E-state index in [1.807, 2.05) is 0 Å². The van der Waals surface area contributed by atoms with Crippen LogP contribution in [0.3, 0.4) is 0 Å². The van der Waals surface area contributed by atoms with Gasteiger partial charge < -0.3 is 33.8 Å². The number of carbonyl (C=O) groups excluding carboxylic acids is 4. The zero-order valence-electron chi connectivity index (χ0n) is 66.4. The monoisotopic (exact) mass is 1490 g/mol. The molecule has 3 N–H and O–H groups in total. The molecule has 0 radical (unpaired) electrons. The fraction of sp³-hybridized carbons (Fsp3) is 0.904. The van der Waals surface area contributed by atoms with Gasteiger partial charge in [0.05, 0.1) is 26.4 Å². The van der Waals surface area contributed by atoms with E-state index >= 15 is 0 Å². The number of carbonyl (C=O) groups is 4. The molecule has 0 aliphatic carbocycles. The lowest BCUT2D eigenvalue weighted by molar-refractivity contribution is -0.161. The van der Waals surface area contributed by atoms with E-state index in [1.54, 1.807) is 0 Å². The van der Waals surface area contributed by atoms with Crippen LogP contribution >= 0.6 is 15.6 Å². The van der Waals surface area contributed by atoms with Crippen molar-refractivity contribution in [3.8, 4) is 0 Å². The molecule has 0 aliphatic heterocycles. The Labute approximate surface area is 624 Å². The first kappa shape index (κ1) is 99.5. The summed E-state index contributed by atoms with van der Waals surface area (Å²) in [7, 11) is -9.93. The third-order valence-electron chi connectivity index (χ3n) is 19.6. The van der Waals surface area contributed by atoms with E-state index < -0.39 is 97.5 Å². The van der Waals surface area contributed by atoms with Gasteiger partial charge in [0.15, 0.2) is 12.2 Å². The Morgan fingerprint density at radius 3 is 0.833 bits per heavy atom. The Kier molecular flexibility index (Phi) is 72.2. The molecule has 0 aromatic rings. The van der Waals surface area contributed by atoms with Crippen LogP contribution < -0.4 is 0 Å². The van der Waals surface area contributed by atoms with Gasteiger partial charge in [0.1, 0.15) is 19.3 Å². The van der Waals surface area contributed by atoms with Gasteiger partial charge in [-0.15, -0.1) is 0 Å². The van der Waals surface area contributed by atoms with Crippen molar-refractivity contribution in [2.45, 2.75) is 432 Å². The molecule has 19 heteroatoms. The minimum atomic E-state index is -4.97. The number of rotatable bonds is 80. The van der Waals surface area contributed by atoms with Crippen LogP contribution in [0.2, 0.25) is 0 Å². The second-order valence-corrected chi connectivity index (χ2v) is 32.6. The number of esters is 4. The largest absolute Gasteiger partial charge is 0.472 e. The van der Waals surface area contributed by atoms with Crippen molar-refractivity contribution in [1.82, 2.24) is 0 Å². The average molecular weight is 1490 g/mol. The predicted molar refractivity (Wildman–Crippen MR) is 418 cm³/mol. The Hall–Kier alpha value is -2.46. The van der Waals surface area contributed by atoms with E-state index in [1.165, 1.54) is 205 Å². The summed E-state index contributed by atoms with van der Waals surface area (Å²) < 4.78 is 68.6. The molecule has 102 heavy (non-hydrogen) atoms. The molecule has 0 saturated carbocycles. The highest BCUT2D eigenvalue weighted by Crippen LogP contribution is 2.45. The molecule has 17 nitrogen and oxygen atoms in total. The van der Waals surface area contributed by atoms with Crippen LogP contribution in [0, 0.1) is 11.8 Å². The van der Waals surface area contributed by atoms with E-state index in [-0.39, 0.29) is 25.7 Å². The summed E-state index contributed by atoms with van der Waals surface area (Å²) in [5, 5.41) is 10.6. The van der Waals surface area contributed by atoms with Crippen LogP contribution in [0.5, 0.6) is 0 Å². The van der Waals surface area contributed by atoms with Gasteiger partial charge >= 0.3 is 39.5 Å². The van der Waals surface area contributed by atoms with Crippen LogP contribution in [0.25, 0.3) is 0 Å². The van der Waals surface area contributed by atoms with Gasteiger partial charge in [-0.25, -0.2) is 9.13 Å². The minimum Gasteiger partial charge on any atom is -0.462 e. The summed E-state index contributed by atoms with van der Waals surface area (Å²) in [5.41, 5.74) is 0. The van der Waals surface area contributed by atoms with Crippen molar-refractivity contribution in [3.63, 3.8) is 0 Å². The lowest BCUT2D eigenvalue weighted by Gasteiger charge is -2.21. The van der Waals surface area contributed by atoms with Gasteiger partial charge in [-0.05, 0) is 63.2 Å². The second kappa shape index (κ2) is 74.0. The molecule has 0 aromatic carbocycles. The Bertz CT molecular complexity index is 2060. The second-order valence-electron chi connectivity index (χ2n) is 29.7. The highest BCUT2D eigenvalue weighted by Gasteiger charge is 2.30. The standard InChI is InChI=1S/C83H158O17P2/c1-7-11-13-15-17-18-19-20-25-33-38-43-49-55-61-67-82(87)99-78(71-93-80(85)65-59-53-45-16-14-12-8-2)73-97-101(89,90)95-69-77(84)70-96-102(91,92)98-74-79(72-94-81(86)66-60-54-48-42-37-32-29-28-31-36-41-47-52-58-64-76(6)10-4)100-83(88)68-62-56-50-44-39-34-27-24-22-21-23-26-30-35-40-46-51-57-63-75(5)9-3/h18-20,25,75-79,84H,7-17,21-24,26-74H2,1-6H3,(H,89,90)(H,91,92)/b19-18-,25-20-/t75?,76?,77-,78+,79+/m0/s1. The zero-order valence-corrected chi connectivity index (χ0v) is 68.2. The van der Waals surface area contributed by atoms with Crippen LogP contribution in [0.4, 0.5) is 0 Å². The molecule has 0 bridgehead atoms. The van der Waals surface area contributed by atoms with Gasteiger partial charge in [0.25, 0.3) is 0 Å². The number of aliphatic hydroxyl groups is 1. The molecule has 0 spiro atoms. The molecule has 7 atom stereocenters. The number of aliphatic hydroxyl groups excluding tert-OH is 1. The lowest BCUT2D eigenvalue weighted by atomic mass is 9.99. The van der Waals surface area contributed by atoms with E-state index in [4.69, 9.17) is 37.0 Å². The van der Waals surface area contributed by atoms with E-state index in [0.29, 0.717) is 25.7 Å². The van der Waals surface area contributed by atoms with E-state index in [2.05, 4.69) is 65.8 Å². The third kappa shape index (κ3) is 73.1. The normalized spacial score (nSPS) is 14.6. The van der Waals surface area contributed by atoms with Gasteiger partial charge in [0.2, 0.25) is 0 Å². The van der Waals surface area contributed by atoms with Crippen molar-refractivity contribution < 1.29 is 80.2 Å². The number of allylic oxidation sites excluding steroid dienone is 4. The molecule has 0 saturated heterocycles. The molecule has 0 amide bonds. The number of unbranched alkanes of at least 4 members (excludes halogenated alkanes) is 45. The Morgan fingerprint density at radius 2 is 0.549 bits per heavy atom. The van der Waals surface area contributed by atoms with Crippen LogP contribution in [0.15, 0.2) is 24.3 Å². The fourth-order valence-electron chi connectivity index (χ4n) is 12.3. The number of phosphoric acid groups is 2. The summed E-state index contributed by atoms with van der Waals surface area (Å²) in [4.78, 5) is 72.9. The number of ether oxygens (including phenoxy) is 4. The summed E-state index contributed by atoms with van der Waals surface area (Å²) in [5.74, 6) is -0.424. The SMILES string of the molecule is CCCCCC/C=C\C=C/CCCCCCCC(=O)O[C@H](COC(=O)CCCCCCCCC)COP(=O)(O)OC[C@H](O)COP(=O)(O)OC[C@@H](COC(=O)CCCCCCCCCCCCCCCCC(C)CC)OC(=O)CCCCCCCCCCCCCCCCCCCCC(C)CC. The summed E-state index contributed by atoms with van der Waals surface area (Å²) >= 11 is 0. The first-order valence-electron chi connectivity index (χ1n) is 42.4. The molecule has 602 valence electrons. The first-order valence-corrected chi connectivity index (χ1v) is 45.4. The molecule has 4 unspecified atom stereocenters. The maximum atomic E-state index is 13.1. The highest BCUT2D eigenvalue weighted by molar-refractivity contribution is 7.47. The van der Waals surface area contributed by atoms with E-state index in [9.17, 15) is 43.2 Å². The lowest BCUT2D eigenvalue weighted by Crippen LogP contribution is -2.30. The van der Waals surface area contributed by atoms with Crippen LogP contribution in [0.1, 0.15) is 414 Å². The molecule has 0 aromatic heterocycles. The van der Waals surface area contributed by atoms with Crippen LogP contribution in [-0.4, -0.2) is 96.7 Å². The maximum absolute atomic E-state index is 13.1. The predicted octanol–water partition coefficient (Wildman–Crippen LogP) is 24.6. The Balaban J connectivity index is 5.20. The Morgan fingerprint density at radius 1 is 0.314 bits per heavy atom. The van der Waals surface area contributed by atoms with Crippen molar-refractivity contribution >= 4 is 39.5 Å². The minimum absolute atomic E-state index is 0.0848. The quantitative estimate of drug-likeness (QED) is 0.0169. The first-order chi connectivity index (χ1) is 49.4. The van der Waals surface area contributed by atoms with Crippen molar-refractivity contribution in [2.24, 2.45) is 11.8 Å². The summed E-state index contributed by atoms with van der Waals surface area (Å²) in [6.07, 6.45) is 67.5. The molecule has 0 rings (SSSR count).